The van der Waals surface area contributed by atoms with Crippen molar-refractivity contribution in [3.63, 3.8) is 0 Å². The van der Waals surface area contributed by atoms with Crippen molar-refractivity contribution in [1.82, 2.24) is 0 Å². The van der Waals surface area contributed by atoms with Crippen LogP contribution in [0.25, 0.3) is 11.1 Å². The number of rotatable bonds is 13. The van der Waals surface area contributed by atoms with Crippen LogP contribution < -0.4 is 9.80 Å². The molecule has 7 aromatic rings. The molecule has 0 saturated carbocycles. The zero-order valence-electron chi connectivity index (χ0n) is 32.0. The molecule has 0 N–H and O–H groups in total. The monoisotopic (exact) mass is 744 g/mol. The number of aliphatic imine (C=N–C) groups is 1. The number of allylic oxidation sites excluding steroid dienone is 4. The van der Waals surface area contributed by atoms with E-state index in [1.807, 2.05) is 79.7 Å². The maximum Gasteiger partial charge on any atom is 0.119 e. The van der Waals surface area contributed by atoms with E-state index in [-0.39, 0.29) is 5.92 Å². The number of nitriles is 1. The number of hydrogen-bond donors (Lipinski definition) is 0. The molecule has 0 spiro atoms. The van der Waals surface area contributed by atoms with Crippen LogP contribution in [0.5, 0.6) is 0 Å². The van der Waals surface area contributed by atoms with Gasteiger partial charge in [-0.25, -0.2) is 4.99 Å². The highest BCUT2D eigenvalue weighted by Crippen LogP contribution is 2.51. The van der Waals surface area contributed by atoms with Gasteiger partial charge in [0, 0.05) is 45.7 Å². The molecule has 0 aliphatic carbocycles. The summed E-state index contributed by atoms with van der Waals surface area (Å²) in [6.07, 6.45) is 8.42. The molecule has 56 heavy (non-hydrogen) atoms. The number of aryl methyl sites for hydroxylation is 1. The predicted octanol–water partition coefficient (Wildman–Crippen LogP) is 14.3. The lowest BCUT2D eigenvalue weighted by atomic mass is 9.90. The Bertz CT molecular complexity index is 2480. The maximum absolute atomic E-state index is 11.2. The van der Waals surface area contributed by atoms with Gasteiger partial charge >= 0.3 is 0 Å². The molecule has 6 aromatic carbocycles. The Morgan fingerprint density at radius 1 is 0.696 bits per heavy atom. The molecule has 0 radical (unpaired) electrons. The first kappa shape index (κ1) is 37.6. The smallest absolute Gasteiger partial charge is 0.119 e. The van der Waals surface area contributed by atoms with E-state index >= 15 is 0 Å². The fourth-order valence-corrected chi connectivity index (χ4v) is 8.46. The van der Waals surface area contributed by atoms with E-state index in [0.717, 1.165) is 72.8 Å². The molecule has 7 rings (SSSR count). The summed E-state index contributed by atoms with van der Waals surface area (Å²) in [5.41, 5.74) is 10.8. The van der Waals surface area contributed by atoms with Crippen LogP contribution in [-0.2, 0) is 0 Å². The van der Waals surface area contributed by atoms with E-state index in [9.17, 15) is 5.26 Å². The molecule has 0 aliphatic rings. The van der Waals surface area contributed by atoms with Gasteiger partial charge in [-0.2, -0.15) is 5.26 Å². The number of hydrogen-bond acceptors (Lipinski definition) is 5. The zero-order chi connectivity index (χ0) is 38.7. The van der Waals surface area contributed by atoms with Crippen LogP contribution in [-0.4, -0.2) is 12.3 Å². The molecule has 0 amide bonds. The summed E-state index contributed by atoms with van der Waals surface area (Å²) in [6, 6.07) is 61.2. The van der Waals surface area contributed by atoms with E-state index in [1.165, 1.54) is 0 Å². The lowest BCUT2D eigenvalue weighted by molar-refractivity contribution is 1.01. The Morgan fingerprint density at radius 3 is 1.88 bits per heavy atom. The SMILES string of the molecule is C/C=C\C(/C=C\[C@H](c1ccc(N(CC)c2ccccc2)cc1)c1sc(N(c2ccccc2)c2ccccc2C)c(C#N)c1-c1ccccc1)=Nc1ccccc1. The van der Waals surface area contributed by atoms with Crippen molar-refractivity contribution >= 4 is 50.5 Å². The Balaban J connectivity index is 1.47. The van der Waals surface area contributed by atoms with Crippen LogP contribution in [0.2, 0.25) is 0 Å². The summed E-state index contributed by atoms with van der Waals surface area (Å²) in [5.74, 6) is -0.211. The van der Waals surface area contributed by atoms with Crippen LogP contribution in [0.15, 0.2) is 199 Å². The summed E-state index contributed by atoms with van der Waals surface area (Å²) in [5, 5.41) is 12.1. The van der Waals surface area contributed by atoms with Gasteiger partial charge in [0.05, 0.1) is 17.0 Å². The van der Waals surface area contributed by atoms with Crippen molar-refractivity contribution in [2.75, 3.05) is 16.3 Å². The minimum absolute atomic E-state index is 0.211. The van der Waals surface area contributed by atoms with Gasteiger partial charge < -0.3 is 9.80 Å². The van der Waals surface area contributed by atoms with Gasteiger partial charge in [-0.15, -0.1) is 11.3 Å². The minimum Gasteiger partial charge on any atom is -0.342 e. The molecule has 1 aromatic heterocycles. The van der Waals surface area contributed by atoms with Crippen LogP contribution in [0.3, 0.4) is 0 Å². The fourth-order valence-electron chi connectivity index (χ4n) is 7.05. The van der Waals surface area contributed by atoms with Gasteiger partial charge in [-0.1, -0.05) is 127 Å². The highest BCUT2D eigenvalue weighted by Gasteiger charge is 2.30. The third kappa shape index (κ3) is 8.32. The molecule has 0 fully saturated rings. The minimum atomic E-state index is -0.211. The van der Waals surface area contributed by atoms with Crippen molar-refractivity contribution in [2.24, 2.45) is 4.99 Å². The summed E-state index contributed by atoms with van der Waals surface area (Å²) < 4.78 is 0. The second-order valence-electron chi connectivity index (χ2n) is 13.3. The van der Waals surface area contributed by atoms with Crippen LogP contribution >= 0.6 is 11.3 Å². The van der Waals surface area contributed by atoms with Gasteiger partial charge in [0.25, 0.3) is 0 Å². The Hall–Kier alpha value is -6.74. The first-order chi connectivity index (χ1) is 27.6. The number of benzene rings is 6. The van der Waals surface area contributed by atoms with E-state index in [2.05, 4.69) is 151 Å². The topological polar surface area (TPSA) is 42.6 Å². The molecule has 1 heterocycles. The predicted molar refractivity (Wildman–Crippen MR) is 239 cm³/mol. The summed E-state index contributed by atoms with van der Waals surface area (Å²) >= 11 is 1.68. The normalized spacial score (nSPS) is 12.1. The van der Waals surface area contributed by atoms with E-state index < -0.39 is 0 Å². The molecule has 4 nitrogen and oxygen atoms in total. The molecule has 274 valence electrons. The van der Waals surface area contributed by atoms with Crippen LogP contribution in [0, 0.1) is 18.3 Å². The Morgan fingerprint density at radius 2 is 1.27 bits per heavy atom. The van der Waals surface area contributed by atoms with Crippen molar-refractivity contribution in [2.45, 2.75) is 26.7 Å². The van der Waals surface area contributed by atoms with Crippen LogP contribution in [0.4, 0.5) is 33.4 Å². The van der Waals surface area contributed by atoms with Gasteiger partial charge in [0.2, 0.25) is 0 Å². The Labute approximate surface area is 335 Å². The summed E-state index contributed by atoms with van der Waals surface area (Å²) in [7, 11) is 0. The first-order valence-electron chi connectivity index (χ1n) is 19.0. The zero-order valence-corrected chi connectivity index (χ0v) is 32.8. The largest absolute Gasteiger partial charge is 0.342 e. The third-order valence-electron chi connectivity index (χ3n) is 9.71. The van der Waals surface area contributed by atoms with Gasteiger partial charge in [0.15, 0.2) is 0 Å². The molecule has 5 heteroatoms. The Kier molecular flexibility index (Phi) is 12.1. The summed E-state index contributed by atoms with van der Waals surface area (Å²) in [4.78, 5) is 10.7. The molecule has 1 atom stereocenters. The standard InChI is InChI=1S/C51H44N4S/c1-4-20-41(53-42-24-12-7-13-25-42)33-36-46(39-31-34-44(35-32-39)54(5-2)43-26-14-8-15-27-43)50-49(40-22-10-6-11-23-40)47(37-52)51(56-50)55(45-28-16-9-17-29-45)48-30-19-18-21-38(48)3/h4,6-36,46H,5H2,1-3H3/b20-4-,36-33-,53-41?/t46-/m1/s1. The maximum atomic E-state index is 11.2. The third-order valence-corrected chi connectivity index (χ3v) is 11.0. The quantitative estimate of drug-likeness (QED) is 0.110. The van der Waals surface area contributed by atoms with E-state index in [0.29, 0.717) is 5.56 Å². The second-order valence-corrected chi connectivity index (χ2v) is 14.4. The molecule has 0 saturated heterocycles. The van der Waals surface area contributed by atoms with E-state index in [4.69, 9.17) is 4.99 Å². The van der Waals surface area contributed by atoms with Crippen molar-refractivity contribution in [3.05, 3.63) is 216 Å². The van der Waals surface area contributed by atoms with E-state index in [1.54, 1.807) is 11.3 Å². The molecular weight excluding hydrogens is 701 g/mol. The molecular formula is C51H44N4S. The summed E-state index contributed by atoms with van der Waals surface area (Å²) in [6.45, 7) is 7.15. The lowest BCUT2D eigenvalue weighted by Gasteiger charge is -2.26. The van der Waals surface area contributed by atoms with Crippen molar-refractivity contribution in [3.8, 4) is 17.2 Å². The second kappa shape index (κ2) is 18.1. The molecule has 0 bridgehead atoms. The van der Waals surface area contributed by atoms with Crippen molar-refractivity contribution in [1.29, 1.82) is 5.26 Å². The number of nitrogens with zero attached hydrogens (tertiary/aromatic N) is 4. The van der Waals surface area contributed by atoms with Crippen molar-refractivity contribution < 1.29 is 0 Å². The van der Waals surface area contributed by atoms with Gasteiger partial charge in [0.1, 0.15) is 11.1 Å². The average molecular weight is 745 g/mol. The molecule has 0 aliphatic heterocycles. The van der Waals surface area contributed by atoms with Gasteiger partial charge in [-0.05, 0) is 104 Å². The number of thiophene rings is 1. The first-order valence-corrected chi connectivity index (χ1v) is 19.8. The van der Waals surface area contributed by atoms with Crippen LogP contribution in [0.1, 0.15) is 41.3 Å². The highest BCUT2D eigenvalue weighted by atomic mass is 32.1. The fraction of sp³-hybridized carbons (Fsp3) is 0.0980. The lowest BCUT2D eigenvalue weighted by Crippen LogP contribution is -2.15. The highest BCUT2D eigenvalue weighted by molar-refractivity contribution is 7.17. The molecule has 0 unspecified atom stereocenters. The number of para-hydroxylation sites is 4. The number of anilines is 5. The average Bonchev–Trinajstić information content (AvgIpc) is 3.62. The van der Waals surface area contributed by atoms with Gasteiger partial charge in [-0.3, -0.25) is 0 Å².